The van der Waals surface area contributed by atoms with Gasteiger partial charge in [-0.05, 0) is 82.9 Å². The number of benzene rings is 1. The number of allylic oxidation sites excluding steroid dienone is 2. The van der Waals surface area contributed by atoms with Crippen molar-refractivity contribution in [3.63, 3.8) is 0 Å². The van der Waals surface area contributed by atoms with Crippen LogP contribution in [0.4, 0.5) is 5.69 Å². The summed E-state index contributed by atoms with van der Waals surface area (Å²) in [6.07, 6.45) is 16.7. The Morgan fingerprint density at radius 3 is 2.53 bits per heavy atom. The summed E-state index contributed by atoms with van der Waals surface area (Å²) in [7, 11) is 3.99. The molecule has 0 bridgehead atoms. The monoisotopic (exact) mass is 586 g/mol. The molecule has 1 aromatic carbocycles. The smallest absolute Gasteiger partial charge is 0.252 e. The number of carbonyl (C=O) groups excluding carboxylic acids is 2. The van der Waals surface area contributed by atoms with Crippen LogP contribution in [-0.4, -0.2) is 83.8 Å². The van der Waals surface area contributed by atoms with Gasteiger partial charge in [-0.2, -0.15) is 0 Å². The summed E-state index contributed by atoms with van der Waals surface area (Å²) in [6.45, 7) is 6.81. The predicted octanol–water partition coefficient (Wildman–Crippen LogP) is 4.83. The fraction of sp³-hybridized carbons (Fsp3) is 0.559. The van der Waals surface area contributed by atoms with E-state index in [2.05, 4.69) is 47.4 Å². The number of likely N-dealkylation sites (N-methyl/N-ethyl adjacent to an activating group) is 1. The minimum Gasteiger partial charge on any atom is -0.491 e. The molecule has 0 aromatic heterocycles. The van der Waals surface area contributed by atoms with Crippen molar-refractivity contribution in [3.05, 3.63) is 59.1 Å². The van der Waals surface area contributed by atoms with Crippen LogP contribution in [0.15, 0.2) is 52.9 Å². The highest BCUT2D eigenvalue weighted by Gasteiger charge is 2.52. The molecule has 3 fully saturated rings. The van der Waals surface area contributed by atoms with Crippen molar-refractivity contribution in [2.24, 2.45) is 4.99 Å². The largest absolute Gasteiger partial charge is 0.491 e. The molecule has 5 aliphatic rings. The van der Waals surface area contributed by atoms with Gasteiger partial charge in [0.25, 0.3) is 11.8 Å². The van der Waals surface area contributed by atoms with Crippen molar-refractivity contribution in [2.45, 2.75) is 89.3 Å². The summed E-state index contributed by atoms with van der Waals surface area (Å²) in [6, 6.07) is 4.36. The number of piperidine rings is 1. The second-order valence-electron chi connectivity index (χ2n) is 12.6. The van der Waals surface area contributed by atoms with E-state index in [-0.39, 0.29) is 17.9 Å². The van der Waals surface area contributed by atoms with E-state index in [0.29, 0.717) is 36.2 Å². The molecule has 4 heterocycles. The molecule has 6 rings (SSSR count). The standard InChI is InChI=1S/C34H46N6O3/c1-5-34(6-2)33(42)39(4)29-22-35-30(13-9-12-28(29)40(34)24-10-7-8-11-24)37-27-15-14-26(25-18-21-43-31(25)27)32(41)36-23-16-19-38(3)20-17-23/h9,12-15,22-24H,5-8,10-11,16-21H2,1-4H3,(H,35,37)(H,36,41). The van der Waals surface area contributed by atoms with E-state index in [9.17, 15) is 9.59 Å². The van der Waals surface area contributed by atoms with Crippen molar-refractivity contribution in [3.8, 4) is 5.75 Å². The van der Waals surface area contributed by atoms with E-state index in [1.54, 1.807) is 4.90 Å². The van der Waals surface area contributed by atoms with Crippen LogP contribution in [0.1, 0.15) is 81.1 Å². The average molecular weight is 587 g/mol. The number of nitrogens with zero attached hydrogens (tertiary/aromatic N) is 4. The molecule has 230 valence electrons. The quantitative estimate of drug-likeness (QED) is 0.497. The Morgan fingerprint density at radius 2 is 1.81 bits per heavy atom. The number of hydrogen-bond donors (Lipinski definition) is 2. The molecule has 9 nitrogen and oxygen atoms in total. The highest BCUT2D eigenvalue weighted by atomic mass is 16.5. The van der Waals surface area contributed by atoms with Gasteiger partial charge in [-0.25, -0.2) is 4.99 Å². The summed E-state index contributed by atoms with van der Waals surface area (Å²) in [4.78, 5) is 38.6. The third-order valence-electron chi connectivity index (χ3n) is 10.2. The Bertz CT molecular complexity index is 1380. The van der Waals surface area contributed by atoms with Gasteiger partial charge >= 0.3 is 0 Å². The van der Waals surface area contributed by atoms with Gasteiger partial charge in [0, 0.05) is 36.7 Å². The lowest BCUT2D eigenvalue weighted by atomic mass is 9.83. The van der Waals surface area contributed by atoms with Crippen LogP contribution < -0.4 is 15.4 Å². The first-order valence-electron chi connectivity index (χ1n) is 16.2. The molecule has 2 saturated heterocycles. The summed E-state index contributed by atoms with van der Waals surface area (Å²) >= 11 is 0. The number of aliphatic imine (C=N–C) groups is 1. The Hall–Kier alpha value is -3.59. The zero-order chi connectivity index (χ0) is 30.1. The molecule has 4 aliphatic heterocycles. The third kappa shape index (κ3) is 5.37. The van der Waals surface area contributed by atoms with E-state index in [1.807, 2.05) is 37.5 Å². The maximum atomic E-state index is 13.9. The Kier molecular flexibility index (Phi) is 8.36. The van der Waals surface area contributed by atoms with E-state index in [1.165, 1.54) is 12.8 Å². The van der Waals surface area contributed by atoms with Gasteiger partial charge in [-0.3, -0.25) is 9.59 Å². The molecule has 2 amide bonds. The number of likely N-dealkylation sites (tertiary alicyclic amines) is 1. The lowest BCUT2D eigenvalue weighted by molar-refractivity contribution is -0.146. The average Bonchev–Trinajstić information content (AvgIpc) is 3.71. The van der Waals surface area contributed by atoms with Crippen LogP contribution >= 0.6 is 0 Å². The Morgan fingerprint density at radius 1 is 1.07 bits per heavy atom. The maximum Gasteiger partial charge on any atom is 0.252 e. The van der Waals surface area contributed by atoms with E-state index >= 15 is 0 Å². The molecule has 9 heteroatoms. The minimum absolute atomic E-state index is 0.0273. The first kappa shape index (κ1) is 29.5. The summed E-state index contributed by atoms with van der Waals surface area (Å²) in [5.41, 5.74) is 3.76. The van der Waals surface area contributed by atoms with Crippen LogP contribution in [0.3, 0.4) is 0 Å². The van der Waals surface area contributed by atoms with Crippen LogP contribution in [0, 0.1) is 0 Å². The van der Waals surface area contributed by atoms with E-state index < -0.39 is 5.54 Å². The second-order valence-corrected chi connectivity index (χ2v) is 12.6. The lowest BCUT2D eigenvalue weighted by Gasteiger charge is -2.54. The Balaban J connectivity index is 1.25. The predicted molar refractivity (Wildman–Crippen MR) is 170 cm³/mol. The number of hydrogen-bond acceptors (Lipinski definition) is 7. The number of amidine groups is 1. The molecular weight excluding hydrogens is 540 g/mol. The summed E-state index contributed by atoms with van der Waals surface area (Å²) in [5, 5.41) is 6.68. The van der Waals surface area contributed by atoms with Crippen LogP contribution in [0.5, 0.6) is 5.75 Å². The van der Waals surface area contributed by atoms with Gasteiger partial charge in [0.1, 0.15) is 17.1 Å². The van der Waals surface area contributed by atoms with Gasteiger partial charge in [0.2, 0.25) is 0 Å². The normalized spacial score (nSPS) is 22.6. The number of anilines is 1. The summed E-state index contributed by atoms with van der Waals surface area (Å²) in [5.74, 6) is 1.47. The zero-order valence-electron chi connectivity index (χ0n) is 26.1. The van der Waals surface area contributed by atoms with Crippen LogP contribution in [0.2, 0.25) is 0 Å². The lowest BCUT2D eigenvalue weighted by Crippen LogP contribution is -2.64. The van der Waals surface area contributed by atoms with Crippen molar-refractivity contribution < 1.29 is 14.3 Å². The number of carbonyl (C=O) groups is 2. The molecular formula is C34H46N6O3. The van der Waals surface area contributed by atoms with Crippen LogP contribution in [0.25, 0.3) is 0 Å². The fourth-order valence-corrected chi connectivity index (χ4v) is 7.61. The zero-order valence-corrected chi connectivity index (χ0v) is 26.1. The molecule has 0 atom stereocenters. The maximum absolute atomic E-state index is 13.9. The second kappa shape index (κ2) is 12.2. The number of nitrogens with one attached hydrogen (secondary N) is 2. The number of ether oxygens (including phenoxy) is 1. The third-order valence-corrected chi connectivity index (χ3v) is 10.2. The van der Waals surface area contributed by atoms with Gasteiger partial charge in [-0.15, -0.1) is 0 Å². The highest BCUT2D eigenvalue weighted by Crippen LogP contribution is 2.44. The number of fused-ring (bicyclic) bond motifs is 2. The molecule has 0 spiro atoms. The van der Waals surface area contributed by atoms with Crippen molar-refractivity contribution in [2.75, 3.05) is 39.1 Å². The summed E-state index contributed by atoms with van der Waals surface area (Å²) < 4.78 is 6.04. The number of rotatable bonds is 6. The minimum atomic E-state index is -0.538. The molecule has 2 N–H and O–H groups in total. The SMILES string of the molecule is CCC1(CC)C(=O)N(C)C2=CN=C(Nc3ccc(C(=O)NC4CCN(C)CC4)c4c3OCC4)C=CC=C2N1C1CCCC1. The molecule has 1 aromatic rings. The van der Waals surface area contributed by atoms with Gasteiger partial charge in [0.05, 0.1) is 29.9 Å². The molecule has 1 saturated carbocycles. The molecule has 0 unspecified atom stereocenters. The van der Waals surface area contributed by atoms with Crippen molar-refractivity contribution in [1.82, 2.24) is 20.0 Å². The number of amides is 2. The van der Waals surface area contributed by atoms with E-state index in [4.69, 9.17) is 9.73 Å². The van der Waals surface area contributed by atoms with Crippen molar-refractivity contribution in [1.29, 1.82) is 0 Å². The number of piperazine rings is 1. The fourth-order valence-electron chi connectivity index (χ4n) is 7.61. The van der Waals surface area contributed by atoms with Crippen molar-refractivity contribution >= 4 is 23.3 Å². The van der Waals surface area contributed by atoms with Gasteiger partial charge < -0.3 is 30.1 Å². The van der Waals surface area contributed by atoms with Gasteiger partial charge in [0.15, 0.2) is 0 Å². The molecule has 1 aliphatic carbocycles. The molecule has 0 radical (unpaired) electrons. The first-order valence-corrected chi connectivity index (χ1v) is 16.2. The molecule has 43 heavy (non-hydrogen) atoms. The van der Waals surface area contributed by atoms with E-state index in [0.717, 1.165) is 74.3 Å². The van der Waals surface area contributed by atoms with Crippen LogP contribution in [-0.2, 0) is 11.2 Å². The Labute approximate surface area is 255 Å². The highest BCUT2D eigenvalue weighted by molar-refractivity contribution is 6.06. The first-order chi connectivity index (χ1) is 20.9. The van der Waals surface area contributed by atoms with Gasteiger partial charge in [-0.1, -0.05) is 32.8 Å². The topological polar surface area (TPSA) is 89.5 Å².